The van der Waals surface area contributed by atoms with Crippen molar-refractivity contribution in [2.75, 3.05) is 13.1 Å². The van der Waals surface area contributed by atoms with E-state index in [0.29, 0.717) is 0 Å². The zero-order valence-electron chi connectivity index (χ0n) is 8.25. The molecular weight excluding hydrogens is 166 g/mol. The summed E-state index contributed by atoms with van der Waals surface area (Å²) in [6.45, 7) is 3.67. The molecule has 1 aliphatic rings. The van der Waals surface area contributed by atoms with Crippen LogP contribution in [0.4, 0.5) is 0 Å². The Hall–Kier alpha value is -0.570. The van der Waals surface area contributed by atoms with Gasteiger partial charge in [0.25, 0.3) is 0 Å². The van der Waals surface area contributed by atoms with E-state index in [1.807, 2.05) is 0 Å². The first kappa shape index (κ1) is 10.5. The molecule has 1 fully saturated rings. The molecule has 3 heteroatoms. The second-order valence-electron chi connectivity index (χ2n) is 4.03. The van der Waals surface area contributed by atoms with E-state index >= 15 is 0 Å². The van der Waals surface area contributed by atoms with Gasteiger partial charge in [-0.1, -0.05) is 13.3 Å². The summed E-state index contributed by atoms with van der Waals surface area (Å²) in [6, 6.07) is 0. The summed E-state index contributed by atoms with van der Waals surface area (Å²) in [4.78, 5) is 10.5. The van der Waals surface area contributed by atoms with Gasteiger partial charge in [0, 0.05) is 0 Å². The lowest BCUT2D eigenvalue weighted by molar-refractivity contribution is -0.141. The van der Waals surface area contributed by atoms with E-state index in [-0.39, 0.29) is 5.92 Å². The quantitative estimate of drug-likeness (QED) is 0.616. The highest BCUT2D eigenvalue weighted by atomic mass is 16.4. The largest absolute Gasteiger partial charge is 0.481 e. The highest BCUT2D eigenvalue weighted by Gasteiger charge is 2.16. The fraction of sp³-hybridized carbons (Fsp3) is 0.900. The van der Waals surface area contributed by atoms with Gasteiger partial charge in [-0.05, 0) is 38.3 Å². The van der Waals surface area contributed by atoms with E-state index in [4.69, 9.17) is 5.11 Å². The molecule has 0 aromatic carbocycles. The molecule has 0 radical (unpaired) electrons. The van der Waals surface area contributed by atoms with E-state index in [9.17, 15) is 4.79 Å². The fourth-order valence-corrected chi connectivity index (χ4v) is 1.45. The van der Waals surface area contributed by atoms with E-state index in [1.165, 1.54) is 19.3 Å². The van der Waals surface area contributed by atoms with Crippen LogP contribution in [0.1, 0.15) is 32.6 Å². The average molecular weight is 185 g/mol. The molecule has 1 aliphatic carbocycles. The third-order valence-corrected chi connectivity index (χ3v) is 2.83. The normalized spacial score (nSPS) is 19.5. The van der Waals surface area contributed by atoms with Gasteiger partial charge in [-0.15, -0.1) is 0 Å². The van der Waals surface area contributed by atoms with Crippen LogP contribution in [0.2, 0.25) is 0 Å². The number of carboxylic acid groups (broad SMARTS) is 1. The van der Waals surface area contributed by atoms with Crippen molar-refractivity contribution in [2.24, 2.45) is 11.8 Å². The van der Waals surface area contributed by atoms with Crippen molar-refractivity contribution in [3.05, 3.63) is 0 Å². The smallest absolute Gasteiger partial charge is 0.306 e. The van der Waals surface area contributed by atoms with Gasteiger partial charge >= 0.3 is 5.97 Å². The van der Waals surface area contributed by atoms with Crippen molar-refractivity contribution < 1.29 is 9.90 Å². The number of carbonyl (C=O) groups is 1. The summed E-state index contributed by atoms with van der Waals surface area (Å²) in [7, 11) is 0. The van der Waals surface area contributed by atoms with Crippen LogP contribution in [0.25, 0.3) is 0 Å². The van der Waals surface area contributed by atoms with Gasteiger partial charge < -0.3 is 10.4 Å². The maximum Gasteiger partial charge on any atom is 0.306 e. The molecule has 0 bridgehead atoms. The number of rotatable bonds is 6. The van der Waals surface area contributed by atoms with Gasteiger partial charge in [0.1, 0.15) is 0 Å². The Balaban J connectivity index is 1.90. The number of nitrogens with one attached hydrogen (secondary N) is 1. The second kappa shape index (κ2) is 5.22. The van der Waals surface area contributed by atoms with Crippen molar-refractivity contribution in [1.82, 2.24) is 5.32 Å². The first-order chi connectivity index (χ1) is 6.20. The van der Waals surface area contributed by atoms with Gasteiger partial charge in [0.05, 0.1) is 5.92 Å². The van der Waals surface area contributed by atoms with E-state index in [2.05, 4.69) is 5.32 Å². The Morgan fingerprint density at radius 2 is 2.31 bits per heavy atom. The Kier molecular flexibility index (Phi) is 4.22. The lowest BCUT2D eigenvalue weighted by Crippen LogP contribution is -2.29. The van der Waals surface area contributed by atoms with E-state index in [1.54, 1.807) is 6.92 Å². The van der Waals surface area contributed by atoms with Crippen LogP contribution in [0.15, 0.2) is 0 Å². The van der Waals surface area contributed by atoms with Crippen LogP contribution < -0.4 is 5.32 Å². The first-order valence-electron chi connectivity index (χ1n) is 5.13. The summed E-state index contributed by atoms with van der Waals surface area (Å²) < 4.78 is 0. The highest BCUT2D eigenvalue weighted by Crippen LogP contribution is 2.25. The van der Waals surface area contributed by atoms with Crippen molar-refractivity contribution in [3.63, 3.8) is 0 Å². The molecule has 0 heterocycles. The molecule has 1 atom stereocenters. The van der Waals surface area contributed by atoms with Crippen LogP contribution in [0.3, 0.4) is 0 Å². The van der Waals surface area contributed by atoms with Crippen LogP contribution in [-0.4, -0.2) is 24.2 Å². The summed E-state index contributed by atoms with van der Waals surface area (Å²) >= 11 is 0. The molecule has 1 rings (SSSR count). The third kappa shape index (κ3) is 3.77. The van der Waals surface area contributed by atoms with E-state index < -0.39 is 5.97 Å². The Morgan fingerprint density at radius 1 is 1.62 bits per heavy atom. The van der Waals surface area contributed by atoms with Gasteiger partial charge in [0.2, 0.25) is 0 Å². The van der Waals surface area contributed by atoms with Gasteiger partial charge in [-0.25, -0.2) is 0 Å². The molecule has 0 aromatic rings. The van der Waals surface area contributed by atoms with Crippen LogP contribution in [0.5, 0.6) is 0 Å². The van der Waals surface area contributed by atoms with Crippen LogP contribution in [-0.2, 0) is 4.79 Å². The molecule has 3 nitrogen and oxygen atoms in total. The number of hydrogen-bond donors (Lipinski definition) is 2. The predicted molar refractivity (Wildman–Crippen MR) is 51.6 cm³/mol. The minimum Gasteiger partial charge on any atom is -0.481 e. The van der Waals surface area contributed by atoms with Gasteiger partial charge in [-0.2, -0.15) is 0 Å². The molecule has 0 aromatic heterocycles. The zero-order chi connectivity index (χ0) is 9.68. The number of carboxylic acids is 1. The van der Waals surface area contributed by atoms with Crippen molar-refractivity contribution >= 4 is 5.97 Å². The van der Waals surface area contributed by atoms with Crippen molar-refractivity contribution in [1.29, 1.82) is 0 Å². The molecule has 76 valence electrons. The zero-order valence-corrected chi connectivity index (χ0v) is 8.25. The second-order valence-corrected chi connectivity index (χ2v) is 4.03. The topological polar surface area (TPSA) is 49.3 Å². The Morgan fingerprint density at radius 3 is 2.77 bits per heavy atom. The maximum absolute atomic E-state index is 10.5. The van der Waals surface area contributed by atoms with E-state index in [0.717, 1.165) is 25.4 Å². The lowest BCUT2D eigenvalue weighted by Gasteiger charge is -2.25. The minimum atomic E-state index is -0.689. The summed E-state index contributed by atoms with van der Waals surface area (Å²) in [6.07, 6.45) is 4.81. The van der Waals surface area contributed by atoms with Gasteiger partial charge in [-0.3, -0.25) is 4.79 Å². The average Bonchev–Trinajstić information content (AvgIpc) is 2.00. The molecule has 0 spiro atoms. The standard InChI is InChI=1S/C10H19NO2/c1-8(10(12)13)5-6-11-7-9-3-2-4-9/h8-9,11H,2-7H2,1H3,(H,12,13). The van der Waals surface area contributed by atoms with Gasteiger partial charge in [0.15, 0.2) is 0 Å². The molecule has 13 heavy (non-hydrogen) atoms. The molecule has 2 N–H and O–H groups in total. The van der Waals surface area contributed by atoms with Crippen molar-refractivity contribution in [3.8, 4) is 0 Å². The monoisotopic (exact) mass is 185 g/mol. The van der Waals surface area contributed by atoms with Crippen LogP contribution >= 0.6 is 0 Å². The molecule has 1 unspecified atom stereocenters. The molecule has 0 saturated heterocycles. The van der Waals surface area contributed by atoms with Crippen molar-refractivity contribution in [2.45, 2.75) is 32.6 Å². The molecule has 1 saturated carbocycles. The SMILES string of the molecule is CC(CCNCC1CCC1)C(=O)O. The fourth-order valence-electron chi connectivity index (χ4n) is 1.45. The highest BCUT2D eigenvalue weighted by molar-refractivity contribution is 5.69. The first-order valence-corrected chi connectivity index (χ1v) is 5.13. The summed E-state index contributed by atoms with van der Waals surface area (Å²) in [5, 5.41) is 11.9. The molecular formula is C10H19NO2. The number of hydrogen-bond acceptors (Lipinski definition) is 2. The van der Waals surface area contributed by atoms with Crippen LogP contribution in [0, 0.1) is 11.8 Å². The molecule has 0 amide bonds. The Labute approximate surface area is 79.5 Å². The Bertz CT molecular complexity index is 166. The summed E-state index contributed by atoms with van der Waals surface area (Å²) in [5.74, 6) is -0.0422. The predicted octanol–water partition coefficient (Wildman–Crippen LogP) is 1.49. The maximum atomic E-state index is 10.5. The third-order valence-electron chi connectivity index (χ3n) is 2.83. The lowest BCUT2D eigenvalue weighted by atomic mass is 9.85. The summed E-state index contributed by atoms with van der Waals surface area (Å²) in [5.41, 5.74) is 0. The minimum absolute atomic E-state index is 0.214. The number of aliphatic carboxylic acids is 1. The molecule has 0 aliphatic heterocycles.